The summed E-state index contributed by atoms with van der Waals surface area (Å²) in [6, 6.07) is 10.8. The number of hydrogen-bond donors (Lipinski definition) is 1. The van der Waals surface area contributed by atoms with Crippen molar-refractivity contribution in [2.75, 3.05) is 18.0 Å². The molecule has 0 radical (unpaired) electrons. The molecule has 0 aromatic heterocycles. The number of rotatable bonds is 6. The SMILES string of the molecule is CCCCN(CC1(N)CCCCC1)c1ccccc1. The van der Waals surface area contributed by atoms with Gasteiger partial charge in [-0.1, -0.05) is 50.8 Å². The third-order valence-corrected chi connectivity index (χ3v) is 4.26. The van der Waals surface area contributed by atoms with Crippen LogP contribution in [0, 0.1) is 0 Å². The first-order valence-electron chi connectivity index (χ1n) is 7.82. The summed E-state index contributed by atoms with van der Waals surface area (Å²) in [5.74, 6) is 0. The van der Waals surface area contributed by atoms with Crippen LogP contribution in [-0.4, -0.2) is 18.6 Å². The van der Waals surface area contributed by atoms with E-state index in [0.29, 0.717) is 0 Å². The van der Waals surface area contributed by atoms with Crippen molar-refractivity contribution >= 4 is 5.69 Å². The summed E-state index contributed by atoms with van der Waals surface area (Å²) in [6.07, 6.45) is 8.80. The topological polar surface area (TPSA) is 29.3 Å². The Morgan fingerprint density at radius 3 is 2.42 bits per heavy atom. The van der Waals surface area contributed by atoms with Gasteiger partial charge in [0.05, 0.1) is 0 Å². The maximum atomic E-state index is 6.63. The van der Waals surface area contributed by atoms with Crippen LogP contribution in [0.4, 0.5) is 5.69 Å². The van der Waals surface area contributed by atoms with E-state index in [2.05, 4.69) is 42.2 Å². The lowest BCUT2D eigenvalue weighted by molar-refractivity contribution is 0.297. The van der Waals surface area contributed by atoms with Gasteiger partial charge in [0.1, 0.15) is 0 Å². The number of para-hydroxylation sites is 1. The van der Waals surface area contributed by atoms with Gasteiger partial charge in [-0.05, 0) is 31.4 Å². The molecule has 1 aliphatic carbocycles. The first-order valence-corrected chi connectivity index (χ1v) is 7.82. The largest absolute Gasteiger partial charge is 0.370 e. The number of nitrogens with two attached hydrogens (primary N) is 1. The van der Waals surface area contributed by atoms with Gasteiger partial charge in [0.2, 0.25) is 0 Å². The Labute approximate surface area is 118 Å². The van der Waals surface area contributed by atoms with E-state index in [4.69, 9.17) is 5.73 Å². The highest BCUT2D eigenvalue weighted by molar-refractivity contribution is 5.46. The molecule has 1 aliphatic rings. The molecule has 0 saturated heterocycles. The number of hydrogen-bond acceptors (Lipinski definition) is 2. The standard InChI is InChI=1S/C17H28N2/c1-2-3-14-19(16-10-6-4-7-11-16)15-17(18)12-8-5-9-13-17/h4,6-7,10-11H,2-3,5,8-9,12-15,18H2,1H3. The van der Waals surface area contributed by atoms with Gasteiger partial charge in [-0.25, -0.2) is 0 Å². The number of benzene rings is 1. The fraction of sp³-hybridized carbons (Fsp3) is 0.647. The molecule has 1 aromatic rings. The van der Waals surface area contributed by atoms with Crippen molar-refractivity contribution in [3.05, 3.63) is 30.3 Å². The van der Waals surface area contributed by atoms with Gasteiger partial charge in [0.25, 0.3) is 0 Å². The van der Waals surface area contributed by atoms with Crippen molar-refractivity contribution in [3.63, 3.8) is 0 Å². The molecule has 0 aliphatic heterocycles. The van der Waals surface area contributed by atoms with E-state index < -0.39 is 0 Å². The molecule has 2 N–H and O–H groups in total. The maximum absolute atomic E-state index is 6.63. The number of unbranched alkanes of at least 4 members (excludes halogenated alkanes) is 1. The lowest BCUT2D eigenvalue weighted by Crippen LogP contribution is -2.51. The molecular weight excluding hydrogens is 232 g/mol. The molecule has 106 valence electrons. The lowest BCUT2D eigenvalue weighted by atomic mass is 9.82. The minimum atomic E-state index is 0.0296. The third kappa shape index (κ3) is 4.24. The molecule has 2 rings (SSSR count). The van der Waals surface area contributed by atoms with Gasteiger partial charge in [0.15, 0.2) is 0 Å². The fourth-order valence-electron chi connectivity index (χ4n) is 3.08. The zero-order valence-corrected chi connectivity index (χ0v) is 12.3. The molecule has 0 spiro atoms. The van der Waals surface area contributed by atoms with E-state index in [0.717, 1.165) is 13.1 Å². The van der Waals surface area contributed by atoms with Gasteiger partial charge in [-0.15, -0.1) is 0 Å². The van der Waals surface area contributed by atoms with E-state index in [1.807, 2.05) is 0 Å². The Kier molecular flexibility index (Phi) is 5.26. The Bertz CT molecular complexity index is 355. The molecule has 0 atom stereocenters. The zero-order valence-electron chi connectivity index (χ0n) is 12.3. The van der Waals surface area contributed by atoms with E-state index >= 15 is 0 Å². The van der Waals surface area contributed by atoms with Crippen molar-refractivity contribution in [2.24, 2.45) is 5.73 Å². The zero-order chi connectivity index (χ0) is 13.6. The second-order valence-electron chi connectivity index (χ2n) is 6.03. The van der Waals surface area contributed by atoms with Crippen molar-refractivity contribution in [1.29, 1.82) is 0 Å². The van der Waals surface area contributed by atoms with Gasteiger partial charge < -0.3 is 10.6 Å². The molecule has 1 saturated carbocycles. The van der Waals surface area contributed by atoms with E-state index in [1.54, 1.807) is 0 Å². The molecular formula is C17H28N2. The summed E-state index contributed by atoms with van der Waals surface area (Å²) in [5.41, 5.74) is 7.98. The predicted molar refractivity (Wildman–Crippen MR) is 83.6 cm³/mol. The molecule has 0 heterocycles. The van der Waals surface area contributed by atoms with E-state index in [-0.39, 0.29) is 5.54 Å². The minimum Gasteiger partial charge on any atom is -0.370 e. The molecule has 2 nitrogen and oxygen atoms in total. The quantitative estimate of drug-likeness (QED) is 0.839. The summed E-state index contributed by atoms with van der Waals surface area (Å²) in [5, 5.41) is 0. The predicted octanol–water partition coefficient (Wildman–Crippen LogP) is 3.95. The lowest BCUT2D eigenvalue weighted by Gasteiger charge is -2.39. The van der Waals surface area contributed by atoms with Crippen LogP contribution in [0.2, 0.25) is 0 Å². The van der Waals surface area contributed by atoms with Gasteiger partial charge >= 0.3 is 0 Å². The highest BCUT2D eigenvalue weighted by Crippen LogP contribution is 2.28. The Morgan fingerprint density at radius 1 is 1.11 bits per heavy atom. The molecule has 0 amide bonds. The first-order chi connectivity index (χ1) is 9.23. The molecule has 1 fully saturated rings. The first kappa shape index (κ1) is 14.4. The third-order valence-electron chi connectivity index (χ3n) is 4.26. The van der Waals surface area contributed by atoms with Crippen molar-refractivity contribution in [2.45, 2.75) is 57.4 Å². The summed E-state index contributed by atoms with van der Waals surface area (Å²) in [6.45, 7) is 4.39. The highest BCUT2D eigenvalue weighted by atomic mass is 15.1. The Morgan fingerprint density at radius 2 is 1.79 bits per heavy atom. The maximum Gasteiger partial charge on any atom is 0.0366 e. The number of nitrogens with zero attached hydrogens (tertiary/aromatic N) is 1. The van der Waals surface area contributed by atoms with Crippen LogP contribution in [0.3, 0.4) is 0 Å². The van der Waals surface area contributed by atoms with Gasteiger partial charge in [-0.2, -0.15) is 0 Å². The number of anilines is 1. The van der Waals surface area contributed by atoms with Crippen LogP contribution < -0.4 is 10.6 Å². The van der Waals surface area contributed by atoms with Crippen LogP contribution in [0.5, 0.6) is 0 Å². The highest BCUT2D eigenvalue weighted by Gasteiger charge is 2.29. The Balaban J connectivity index is 2.05. The van der Waals surface area contributed by atoms with E-state index in [1.165, 1.54) is 50.6 Å². The van der Waals surface area contributed by atoms with Gasteiger partial charge in [-0.3, -0.25) is 0 Å². The molecule has 0 unspecified atom stereocenters. The van der Waals surface area contributed by atoms with Crippen LogP contribution in [0.25, 0.3) is 0 Å². The molecule has 1 aromatic carbocycles. The van der Waals surface area contributed by atoms with Crippen LogP contribution in [0.15, 0.2) is 30.3 Å². The van der Waals surface area contributed by atoms with E-state index in [9.17, 15) is 0 Å². The summed E-state index contributed by atoms with van der Waals surface area (Å²) in [4.78, 5) is 2.49. The average molecular weight is 260 g/mol. The summed E-state index contributed by atoms with van der Waals surface area (Å²) < 4.78 is 0. The monoisotopic (exact) mass is 260 g/mol. The molecule has 0 bridgehead atoms. The second-order valence-corrected chi connectivity index (χ2v) is 6.03. The summed E-state index contributed by atoms with van der Waals surface area (Å²) >= 11 is 0. The second kappa shape index (κ2) is 6.95. The van der Waals surface area contributed by atoms with Gasteiger partial charge in [0, 0.05) is 24.3 Å². The van der Waals surface area contributed by atoms with Crippen LogP contribution in [-0.2, 0) is 0 Å². The fourth-order valence-corrected chi connectivity index (χ4v) is 3.08. The van der Waals surface area contributed by atoms with Crippen molar-refractivity contribution in [3.8, 4) is 0 Å². The minimum absolute atomic E-state index is 0.0296. The normalized spacial score (nSPS) is 18.2. The molecule has 2 heteroatoms. The smallest absolute Gasteiger partial charge is 0.0366 e. The average Bonchev–Trinajstić information content (AvgIpc) is 2.45. The van der Waals surface area contributed by atoms with Crippen molar-refractivity contribution < 1.29 is 0 Å². The molecule has 19 heavy (non-hydrogen) atoms. The Hall–Kier alpha value is -1.02. The van der Waals surface area contributed by atoms with Crippen LogP contribution >= 0.6 is 0 Å². The van der Waals surface area contributed by atoms with Crippen LogP contribution in [0.1, 0.15) is 51.9 Å². The summed E-state index contributed by atoms with van der Waals surface area (Å²) in [7, 11) is 0. The van der Waals surface area contributed by atoms with Crippen molar-refractivity contribution in [1.82, 2.24) is 0 Å².